The summed E-state index contributed by atoms with van der Waals surface area (Å²) in [5.74, 6) is -0.946. The maximum absolute atomic E-state index is 11.6. The fourth-order valence-electron chi connectivity index (χ4n) is 1.81. The van der Waals surface area contributed by atoms with E-state index in [-0.39, 0.29) is 12.6 Å². The first-order chi connectivity index (χ1) is 8.79. The Morgan fingerprint density at radius 1 is 1.37 bits per heavy atom. The van der Waals surface area contributed by atoms with Crippen LogP contribution in [0.25, 0.3) is 0 Å². The highest BCUT2D eigenvalue weighted by molar-refractivity contribution is 5.75. The lowest BCUT2D eigenvalue weighted by molar-refractivity contribution is -0.204. The zero-order valence-corrected chi connectivity index (χ0v) is 11.9. The van der Waals surface area contributed by atoms with E-state index < -0.39 is 17.5 Å². The van der Waals surface area contributed by atoms with Crippen LogP contribution >= 0.6 is 0 Å². The Labute approximate surface area is 113 Å². The number of carbonyl (C=O) groups is 2. The monoisotopic (exact) mass is 274 g/mol. The van der Waals surface area contributed by atoms with Crippen LogP contribution in [-0.4, -0.2) is 48.7 Å². The van der Waals surface area contributed by atoms with Gasteiger partial charge < -0.3 is 9.57 Å². The van der Waals surface area contributed by atoms with Gasteiger partial charge in [-0.05, 0) is 52.8 Å². The molecule has 0 bridgehead atoms. The number of likely N-dealkylation sites (N-methyl/N-ethyl adjacent to an activating group) is 1. The third-order valence-electron chi connectivity index (χ3n) is 2.60. The zero-order chi connectivity index (χ0) is 14.5. The molecule has 0 amide bonds. The second-order valence-corrected chi connectivity index (χ2v) is 5.52. The van der Waals surface area contributed by atoms with Crippen LogP contribution in [0.5, 0.6) is 0 Å². The van der Waals surface area contributed by atoms with E-state index in [2.05, 4.69) is 0 Å². The number of carbonyl (C=O) groups excluding carboxylic acids is 2. The van der Waals surface area contributed by atoms with Crippen LogP contribution in [0.4, 0.5) is 0 Å². The molecular formula is C12H22N2O5. The Kier molecular flexibility index (Phi) is 5.71. The maximum atomic E-state index is 11.6. The first kappa shape index (κ1) is 15.9. The number of ether oxygens (including phenoxy) is 1. The van der Waals surface area contributed by atoms with Crippen molar-refractivity contribution in [2.45, 2.75) is 45.3 Å². The molecule has 0 aliphatic carbocycles. The molecule has 1 fully saturated rings. The Morgan fingerprint density at radius 2 is 2.05 bits per heavy atom. The van der Waals surface area contributed by atoms with E-state index in [0.717, 1.165) is 19.4 Å². The van der Waals surface area contributed by atoms with Crippen molar-refractivity contribution in [2.75, 3.05) is 20.2 Å². The minimum Gasteiger partial charge on any atom is -0.458 e. The molecule has 0 aromatic heterocycles. The second-order valence-electron chi connectivity index (χ2n) is 5.52. The van der Waals surface area contributed by atoms with Gasteiger partial charge in [0.05, 0.1) is 0 Å². The predicted molar refractivity (Wildman–Crippen MR) is 66.7 cm³/mol. The number of rotatable bonds is 5. The molecule has 7 heteroatoms. The standard InChI is InChI=1S/C12H22N2O5/c1-12(2,3)18-10(15)8-17-13-19-11(16)9-6-5-7-14(9)4/h9,13H,5-8H2,1-4H3/t9-/m0/s1. The Morgan fingerprint density at radius 3 is 2.58 bits per heavy atom. The van der Waals surface area contributed by atoms with E-state index in [4.69, 9.17) is 14.4 Å². The molecule has 110 valence electrons. The third kappa shape index (κ3) is 6.00. The van der Waals surface area contributed by atoms with Gasteiger partial charge in [-0.1, -0.05) is 0 Å². The molecule has 1 rings (SSSR count). The lowest BCUT2D eigenvalue weighted by Crippen LogP contribution is -2.38. The summed E-state index contributed by atoms with van der Waals surface area (Å²) in [4.78, 5) is 34.2. The predicted octanol–water partition coefficient (Wildman–Crippen LogP) is 0.402. The molecule has 1 aliphatic rings. The molecule has 7 nitrogen and oxygen atoms in total. The molecule has 0 radical (unpaired) electrons. The van der Waals surface area contributed by atoms with Gasteiger partial charge in [0.1, 0.15) is 11.6 Å². The molecule has 1 aliphatic heterocycles. The Balaban J connectivity index is 2.14. The maximum Gasteiger partial charge on any atom is 0.344 e. The van der Waals surface area contributed by atoms with Crippen molar-refractivity contribution < 1.29 is 24.0 Å². The Bertz CT molecular complexity index is 327. The van der Waals surface area contributed by atoms with Crippen LogP contribution in [0.3, 0.4) is 0 Å². The molecule has 0 saturated carbocycles. The smallest absolute Gasteiger partial charge is 0.344 e. The number of nitrogens with one attached hydrogen (secondary N) is 1. The fourth-order valence-corrected chi connectivity index (χ4v) is 1.81. The van der Waals surface area contributed by atoms with Gasteiger partial charge in [0.15, 0.2) is 6.61 Å². The first-order valence-electron chi connectivity index (χ1n) is 6.29. The van der Waals surface area contributed by atoms with Crippen molar-refractivity contribution >= 4 is 11.9 Å². The quantitative estimate of drug-likeness (QED) is 0.442. The number of esters is 1. The number of hydrogen-bond acceptors (Lipinski definition) is 7. The molecule has 0 aromatic rings. The fraction of sp³-hybridized carbons (Fsp3) is 0.833. The highest BCUT2D eigenvalue weighted by Crippen LogP contribution is 2.15. The number of nitrogens with zero attached hydrogens (tertiary/aromatic N) is 1. The molecule has 1 saturated heterocycles. The van der Waals surface area contributed by atoms with Crippen LogP contribution in [-0.2, 0) is 24.0 Å². The van der Waals surface area contributed by atoms with E-state index in [1.165, 1.54) is 0 Å². The average molecular weight is 274 g/mol. The van der Waals surface area contributed by atoms with Gasteiger partial charge in [0.2, 0.25) is 0 Å². The summed E-state index contributed by atoms with van der Waals surface area (Å²) < 4.78 is 5.01. The van der Waals surface area contributed by atoms with Gasteiger partial charge in [0.25, 0.3) is 0 Å². The van der Waals surface area contributed by atoms with Gasteiger partial charge in [-0.2, -0.15) is 0 Å². The minimum absolute atomic E-state index is 0.252. The summed E-state index contributed by atoms with van der Waals surface area (Å²) in [5.41, 5.74) is 1.46. The van der Waals surface area contributed by atoms with E-state index in [1.807, 2.05) is 17.6 Å². The number of hydrogen-bond donors (Lipinski definition) is 1. The van der Waals surface area contributed by atoms with E-state index >= 15 is 0 Å². The van der Waals surface area contributed by atoms with Crippen LogP contribution in [0, 0.1) is 0 Å². The SMILES string of the molecule is CN1CCC[C@H]1C(=O)ONOCC(=O)OC(C)(C)C. The molecule has 0 spiro atoms. The van der Waals surface area contributed by atoms with Gasteiger partial charge >= 0.3 is 11.9 Å². The van der Waals surface area contributed by atoms with Gasteiger partial charge in [-0.3, -0.25) is 9.74 Å². The molecular weight excluding hydrogens is 252 g/mol. The zero-order valence-electron chi connectivity index (χ0n) is 11.9. The normalized spacial score (nSPS) is 20.3. The van der Waals surface area contributed by atoms with Crippen LogP contribution in [0.1, 0.15) is 33.6 Å². The molecule has 0 aromatic carbocycles. The lowest BCUT2D eigenvalue weighted by atomic mass is 10.2. The van der Waals surface area contributed by atoms with Crippen LogP contribution in [0.2, 0.25) is 0 Å². The van der Waals surface area contributed by atoms with Crippen LogP contribution in [0.15, 0.2) is 0 Å². The molecule has 1 N–H and O–H groups in total. The summed E-state index contributed by atoms with van der Waals surface area (Å²) in [5, 5.41) is 0. The van der Waals surface area contributed by atoms with Crippen molar-refractivity contribution in [3.05, 3.63) is 0 Å². The minimum atomic E-state index is -0.566. The largest absolute Gasteiger partial charge is 0.458 e. The van der Waals surface area contributed by atoms with Crippen molar-refractivity contribution in [2.24, 2.45) is 0 Å². The highest BCUT2D eigenvalue weighted by atomic mass is 16.9. The summed E-state index contributed by atoms with van der Waals surface area (Å²) in [6.07, 6.45) is 1.73. The summed E-state index contributed by atoms with van der Waals surface area (Å²) in [6.45, 7) is 5.82. The summed E-state index contributed by atoms with van der Waals surface area (Å²) in [6, 6.07) is -0.252. The third-order valence-corrected chi connectivity index (χ3v) is 2.60. The van der Waals surface area contributed by atoms with Crippen molar-refractivity contribution in [3.63, 3.8) is 0 Å². The second kappa shape index (κ2) is 6.83. The molecule has 1 heterocycles. The van der Waals surface area contributed by atoms with E-state index in [9.17, 15) is 9.59 Å². The van der Waals surface area contributed by atoms with Gasteiger partial charge in [-0.15, -0.1) is 0 Å². The average Bonchev–Trinajstić information content (AvgIpc) is 2.68. The Hall–Kier alpha value is -1.18. The van der Waals surface area contributed by atoms with Crippen molar-refractivity contribution in [1.29, 1.82) is 0 Å². The van der Waals surface area contributed by atoms with Crippen LogP contribution < -0.4 is 5.64 Å². The molecule has 1 atom stereocenters. The van der Waals surface area contributed by atoms with Crippen molar-refractivity contribution in [1.82, 2.24) is 10.5 Å². The topological polar surface area (TPSA) is 77.1 Å². The van der Waals surface area contributed by atoms with E-state index in [1.54, 1.807) is 20.8 Å². The first-order valence-corrected chi connectivity index (χ1v) is 6.29. The van der Waals surface area contributed by atoms with Gasteiger partial charge in [-0.25, -0.2) is 9.59 Å². The van der Waals surface area contributed by atoms with E-state index in [0.29, 0.717) is 0 Å². The molecule has 19 heavy (non-hydrogen) atoms. The summed E-state index contributed by atoms with van der Waals surface area (Å²) in [7, 11) is 1.86. The summed E-state index contributed by atoms with van der Waals surface area (Å²) >= 11 is 0. The lowest BCUT2D eigenvalue weighted by Gasteiger charge is -2.19. The van der Waals surface area contributed by atoms with Crippen molar-refractivity contribution in [3.8, 4) is 0 Å². The highest BCUT2D eigenvalue weighted by Gasteiger charge is 2.29. The van der Waals surface area contributed by atoms with Gasteiger partial charge in [0, 0.05) is 0 Å². The number of likely N-dealkylation sites (tertiary alicyclic amines) is 1. The molecule has 0 unspecified atom stereocenters.